The lowest BCUT2D eigenvalue weighted by Gasteiger charge is -2.32. The van der Waals surface area contributed by atoms with E-state index in [1.807, 2.05) is 54.3 Å². The van der Waals surface area contributed by atoms with Crippen molar-refractivity contribution in [1.82, 2.24) is 10.2 Å². The van der Waals surface area contributed by atoms with Crippen LogP contribution in [0.2, 0.25) is 0 Å². The first-order chi connectivity index (χ1) is 12.6. The summed E-state index contributed by atoms with van der Waals surface area (Å²) in [5.74, 6) is 0.189. The molecule has 0 atom stereocenters. The van der Waals surface area contributed by atoms with Crippen LogP contribution >= 0.6 is 0 Å². The van der Waals surface area contributed by atoms with E-state index in [1.165, 1.54) is 5.56 Å². The molecular formula is C22H26N2O2. The van der Waals surface area contributed by atoms with Gasteiger partial charge in [-0.3, -0.25) is 9.59 Å². The van der Waals surface area contributed by atoms with Gasteiger partial charge in [0.1, 0.15) is 0 Å². The van der Waals surface area contributed by atoms with E-state index in [2.05, 4.69) is 17.4 Å². The smallest absolute Gasteiger partial charge is 0.251 e. The summed E-state index contributed by atoms with van der Waals surface area (Å²) in [5.41, 5.74) is 2.91. The summed E-state index contributed by atoms with van der Waals surface area (Å²) in [5, 5.41) is 3.12. The van der Waals surface area contributed by atoms with Crippen LogP contribution in [-0.2, 0) is 11.2 Å². The molecule has 1 aliphatic heterocycles. The predicted molar refractivity (Wildman–Crippen MR) is 103 cm³/mol. The number of piperidine rings is 1. The molecule has 1 saturated heterocycles. The second-order valence-electron chi connectivity index (χ2n) is 6.93. The maximum Gasteiger partial charge on any atom is 0.251 e. The highest BCUT2D eigenvalue weighted by atomic mass is 16.2. The van der Waals surface area contributed by atoms with Crippen LogP contribution in [0.3, 0.4) is 0 Å². The molecule has 0 spiro atoms. The van der Waals surface area contributed by atoms with E-state index in [0.29, 0.717) is 19.5 Å². The van der Waals surface area contributed by atoms with Crippen molar-refractivity contribution in [1.29, 1.82) is 0 Å². The van der Waals surface area contributed by atoms with Crippen molar-refractivity contribution in [2.24, 2.45) is 0 Å². The molecule has 1 fully saturated rings. The van der Waals surface area contributed by atoms with Crippen molar-refractivity contribution in [2.75, 3.05) is 13.1 Å². The molecule has 2 aromatic rings. The van der Waals surface area contributed by atoms with Gasteiger partial charge in [0.15, 0.2) is 0 Å². The first-order valence-corrected chi connectivity index (χ1v) is 9.31. The Balaban J connectivity index is 1.44. The highest BCUT2D eigenvalue weighted by Gasteiger charge is 2.24. The number of carbonyl (C=O) groups is 2. The lowest BCUT2D eigenvalue weighted by Crippen LogP contribution is -2.46. The second-order valence-corrected chi connectivity index (χ2v) is 6.93. The first kappa shape index (κ1) is 18.2. The summed E-state index contributed by atoms with van der Waals surface area (Å²) >= 11 is 0. The molecule has 2 amide bonds. The number of rotatable bonds is 5. The van der Waals surface area contributed by atoms with Gasteiger partial charge in [-0.2, -0.15) is 0 Å². The van der Waals surface area contributed by atoms with Crippen LogP contribution in [0.15, 0.2) is 54.6 Å². The number of likely N-dealkylation sites (tertiary alicyclic amines) is 1. The molecule has 0 unspecified atom stereocenters. The van der Waals surface area contributed by atoms with Crippen molar-refractivity contribution >= 4 is 11.8 Å². The van der Waals surface area contributed by atoms with Crippen LogP contribution in [0.4, 0.5) is 0 Å². The van der Waals surface area contributed by atoms with Gasteiger partial charge in [0.25, 0.3) is 5.91 Å². The third-order valence-corrected chi connectivity index (χ3v) is 5.04. The maximum atomic E-state index is 12.4. The number of hydrogen-bond donors (Lipinski definition) is 1. The van der Waals surface area contributed by atoms with E-state index >= 15 is 0 Å². The van der Waals surface area contributed by atoms with Crippen molar-refractivity contribution in [3.63, 3.8) is 0 Å². The molecule has 0 bridgehead atoms. The maximum absolute atomic E-state index is 12.4. The number of nitrogens with zero attached hydrogens (tertiary/aromatic N) is 1. The van der Waals surface area contributed by atoms with Gasteiger partial charge in [-0.05, 0) is 43.4 Å². The van der Waals surface area contributed by atoms with Crippen LogP contribution in [0.5, 0.6) is 0 Å². The molecule has 3 rings (SSSR count). The largest absolute Gasteiger partial charge is 0.349 e. The quantitative estimate of drug-likeness (QED) is 0.899. The van der Waals surface area contributed by atoms with Gasteiger partial charge < -0.3 is 10.2 Å². The molecular weight excluding hydrogens is 324 g/mol. The summed E-state index contributed by atoms with van der Waals surface area (Å²) in [6.45, 7) is 3.38. The predicted octanol–water partition coefficient (Wildman–Crippen LogP) is 3.35. The average molecular weight is 350 g/mol. The zero-order valence-electron chi connectivity index (χ0n) is 15.3. The standard InChI is InChI=1S/C22H26N2O2/c1-17-7-5-6-10-20(17)22(26)23-19-13-15-24(16-14-19)21(25)12-11-18-8-3-2-4-9-18/h2-10,19H,11-16H2,1H3,(H,23,26). The van der Waals surface area contributed by atoms with E-state index < -0.39 is 0 Å². The normalized spacial score (nSPS) is 14.9. The van der Waals surface area contributed by atoms with Gasteiger partial charge in [-0.15, -0.1) is 0 Å². The fourth-order valence-electron chi connectivity index (χ4n) is 3.42. The molecule has 4 nitrogen and oxygen atoms in total. The molecule has 0 aliphatic carbocycles. The average Bonchev–Trinajstić information content (AvgIpc) is 2.68. The lowest BCUT2D eigenvalue weighted by molar-refractivity contribution is -0.132. The van der Waals surface area contributed by atoms with Gasteiger partial charge in [0, 0.05) is 31.1 Å². The number of hydrogen-bond acceptors (Lipinski definition) is 2. The van der Waals surface area contributed by atoms with Gasteiger partial charge in [0.2, 0.25) is 5.91 Å². The molecule has 1 heterocycles. The SMILES string of the molecule is Cc1ccccc1C(=O)NC1CCN(C(=O)CCc2ccccc2)CC1. The fraction of sp³-hybridized carbons (Fsp3) is 0.364. The lowest BCUT2D eigenvalue weighted by atomic mass is 10.0. The number of amides is 2. The fourth-order valence-corrected chi connectivity index (χ4v) is 3.42. The monoisotopic (exact) mass is 350 g/mol. The minimum atomic E-state index is -0.0167. The van der Waals surface area contributed by atoms with E-state index in [9.17, 15) is 9.59 Å². The van der Waals surface area contributed by atoms with Crippen LogP contribution in [0.1, 0.15) is 40.7 Å². The van der Waals surface area contributed by atoms with Crippen molar-refractivity contribution in [2.45, 2.75) is 38.6 Å². The first-order valence-electron chi connectivity index (χ1n) is 9.31. The molecule has 2 aromatic carbocycles. The number of carbonyl (C=O) groups excluding carboxylic acids is 2. The molecule has 0 aromatic heterocycles. The molecule has 1 aliphatic rings. The van der Waals surface area contributed by atoms with Crippen LogP contribution in [0, 0.1) is 6.92 Å². The second kappa shape index (κ2) is 8.65. The summed E-state index contributed by atoms with van der Waals surface area (Å²) in [7, 11) is 0. The minimum absolute atomic E-state index is 0.0167. The van der Waals surface area contributed by atoms with E-state index in [-0.39, 0.29) is 17.9 Å². The van der Waals surface area contributed by atoms with Crippen molar-refractivity contribution in [3.8, 4) is 0 Å². The molecule has 4 heteroatoms. The Bertz CT molecular complexity index is 750. The highest BCUT2D eigenvalue weighted by molar-refractivity contribution is 5.95. The minimum Gasteiger partial charge on any atom is -0.349 e. The Hall–Kier alpha value is -2.62. The third kappa shape index (κ3) is 4.72. The summed E-state index contributed by atoms with van der Waals surface area (Å²) in [4.78, 5) is 26.8. The summed E-state index contributed by atoms with van der Waals surface area (Å²) in [6.07, 6.45) is 2.96. The third-order valence-electron chi connectivity index (χ3n) is 5.04. The van der Waals surface area contributed by atoms with Crippen molar-refractivity contribution < 1.29 is 9.59 Å². The Morgan fingerprint density at radius 2 is 1.65 bits per heavy atom. The molecule has 0 radical (unpaired) electrons. The van der Waals surface area contributed by atoms with E-state index in [1.54, 1.807) is 0 Å². The van der Waals surface area contributed by atoms with Crippen LogP contribution in [-0.4, -0.2) is 35.8 Å². The molecule has 136 valence electrons. The Morgan fingerprint density at radius 1 is 1.00 bits per heavy atom. The Kier molecular flexibility index (Phi) is 6.05. The number of nitrogens with one attached hydrogen (secondary N) is 1. The summed E-state index contributed by atoms with van der Waals surface area (Å²) < 4.78 is 0. The van der Waals surface area contributed by atoms with E-state index in [0.717, 1.165) is 30.4 Å². The summed E-state index contributed by atoms with van der Waals surface area (Å²) in [6, 6.07) is 17.9. The van der Waals surface area contributed by atoms with Gasteiger partial charge >= 0.3 is 0 Å². The molecule has 1 N–H and O–H groups in total. The number of benzene rings is 2. The van der Waals surface area contributed by atoms with E-state index in [4.69, 9.17) is 0 Å². The van der Waals surface area contributed by atoms with Gasteiger partial charge in [0.05, 0.1) is 0 Å². The highest BCUT2D eigenvalue weighted by Crippen LogP contribution is 2.14. The zero-order chi connectivity index (χ0) is 18.4. The van der Waals surface area contributed by atoms with Crippen LogP contribution < -0.4 is 5.32 Å². The number of aryl methyl sites for hydroxylation is 2. The van der Waals surface area contributed by atoms with Gasteiger partial charge in [-0.25, -0.2) is 0 Å². The molecule has 0 saturated carbocycles. The zero-order valence-corrected chi connectivity index (χ0v) is 15.3. The topological polar surface area (TPSA) is 49.4 Å². The Labute approximate surface area is 155 Å². The van der Waals surface area contributed by atoms with Gasteiger partial charge in [-0.1, -0.05) is 48.5 Å². The Morgan fingerprint density at radius 3 is 2.35 bits per heavy atom. The molecule has 26 heavy (non-hydrogen) atoms. The van der Waals surface area contributed by atoms with Crippen LogP contribution in [0.25, 0.3) is 0 Å². The van der Waals surface area contributed by atoms with Crippen molar-refractivity contribution in [3.05, 3.63) is 71.3 Å².